The Balaban J connectivity index is 2.05. The first-order chi connectivity index (χ1) is 13.3. The molecule has 0 saturated carbocycles. The fraction of sp³-hybridized carbons (Fsp3) is 0.174. The van der Waals surface area contributed by atoms with Crippen molar-refractivity contribution in [2.24, 2.45) is 7.05 Å². The topological polar surface area (TPSA) is 76.4 Å². The van der Waals surface area contributed by atoms with Crippen LogP contribution in [0.3, 0.4) is 0 Å². The third-order valence-corrected chi connectivity index (χ3v) is 4.80. The SMILES string of the molecule is Cc1ccc(C(=O)c2ccccc2C(=O)c2c(C)cc(CC(=O)O)n2C)cc1. The van der Waals surface area contributed by atoms with Gasteiger partial charge in [0.1, 0.15) is 0 Å². The lowest BCUT2D eigenvalue weighted by Crippen LogP contribution is -2.16. The molecule has 2 aromatic carbocycles. The van der Waals surface area contributed by atoms with Crippen LogP contribution in [-0.4, -0.2) is 27.2 Å². The second-order valence-corrected chi connectivity index (χ2v) is 6.87. The number of aliphatic carboxylic acids is 1. The number of rotatable bonds is 6. The summed E-state index contributed by atoms with van der Waals surface area (Å²) in [6.45, 7) is 3.71. The second-order valence-electron chi connectivity index (χ2n) is 6.87. The summed E-state index contributed by atoms with van der Waals surface area (Å²) in [5.74, 6) is -1.48. The van der Waals surface area contributed by atoms with E-state index in [-0.39, 0.29) is 18.0 Å². The maximum absolute atomic E-state index is 13.3. The minimum atomic E-state index is -0.963. The van der Waals surface area contributed by atoms with Gasteiger partial charge in [-0.2, -0.15) is 0 Å². The summed E-state index contributed by atoms with van der Waals surface area (Å²) in [6.07, 6.45) is -0.172. The van der Waals surface area contributed by atoms with E-state index in [2.05, 4.69) is 0 Å². The first-order valence-corrected chi connectivity index (χ1v) is 8.91. The van der Waals surface area contributed by atoms with Gasteiger partial charge in [0.25, 0.3) is 0 Å². The van der Waals surface area contributed by atoms with Crippen molar-refractivity contribution < 1.29 is 19.5 Å². The maximum atomic E-state index is 13.3. The Kier molecular flexibility index (Phi) is 5.27. The van der Waals surface area contributed by atoms with Crippen LogP contribution in [0.15, 0.2) is 54.6 Å². The van der Waals surface area contributed by atoms with Gasteiger partial charge < -0.3 is 9.67 Å². The molecule has 0 unspecified atom stereocenters. The van der Waals surface area contributed by atoms with E-state index < -0.39 is 5.97 Å². The highest BCUT2D eigenvalue weighted by molar-refractivity contribution is 6.19. The van der Waals surface area contributed by atoms with E-state index in [0.29, 0.717) is 33.6 Å². The number of ketones is 2. The van der Waals surface area contributed by atoms with Crippen molar-refractivity contribution in [1.29, 1.82) is 0 Å². The van der Waals surface area contributed by atoms with Crippen LogP contribution in [0, 0.1) is 13.8 Å². The highest BCUT2D eigenvalue weighted by atomic mass is 16.4. The zero-order valence-corrected chi connectivity index (χ0v) is 16.0. The van der Waals surface area contributed by atoms with Gasteiger partial charge in [-0.15, -0.1) is 0 Å². The molecule has 0 aliphatic rings. The lowest BCUT2D eigenvalue weighted by atomic mass is 9.94. The Bertz CT molecular complexity index is 1070. The summed E-state index contributed by atoms with van der Waals surface area (Å²) >= 11 is 0. The van der Waals surface area contributed by atoms with Crippen LogP contribution in [0.4, 0.5) is 0 Å². The Morgan fingerprint density at radius 2 is 1.46 bits per heavy atom. The molecule has 28 heavy (non-hydrogen) atoms. The van der Waals surface area contributed by atoms with Gasteiger partial charge in [-0.3, -0.25) is 14.4 Å². The second kappa shape index (κ2) is 7.64. The van der Waals surface area contributed by atoms with Crippen LogP contribution in [0.5, 0.6) is 0 Å². The summed E-state index contributed by atoms with van der Waals surface area (Å²) < 4.78 is 1.60. The fourth-order valence-electron chi connectivity index (χ4n) is 3.35. The molecule has 5 nitrogen and oxygen atoms in total. The van der Waals surface area contributed by atoms with Crippen LogP contribution in [-0.2, 0) is 18.3 Å². The van der Waals surface area contributed by atoms with Crippen molar-refractivity contribution in [3.63, 3.8) is 0 Å². The van der Waals surface area contributed by atoms with Crippen LogP contribution >= 0.6 is 0 Å². The number of benzene rings is 2. The first-order valence-electron chi connectivity index (χ1n) is 8.91. The van der Waals surface area contributed by atoms with Crippen LogP contribution in [0.25, 0.3) is 0 Å². The molecule has 1 heterocycles. The monoisotopic (exact) mass is 375 g/mol. The molecule has 0 fully saturated rings. The average Bonchev–Trinajstić information content (AvgIpc) is 2.94. The van der Waals surface area contributed by atoms with Gasteiger partial charge in [0, 0.05) is 29.4 Å². The van der Waals surface area contributed by atoms with E-state index in [9.17, 15) is 14.4 Å². The Labute approximate surface area is 163 Å². The Morgan fingerprint density at radius 1 is 0.893 bits per heavy atom. The normalized spacial score (nSPS) is 10.7. The lowest BCUT2D eigenvalue weighted by molar-refractivity contribution is -0.136. The molecule has 0 bridgehead atoms. The molecule has 5 heteroatoms. The van der Waals surface area contributed by atoms with Gasteiger partial charge in [0.05, 0.1) is 12.1 Å². The van der Waals surface area contributed by atoms with E-state index in [1.54, 1.807) is 61.0 Å². The highest BCUT2D eigenvalue weighted by Crippen LogP contribution is 2.23. The van der Waals surface area contributed by atoms with Crippen LogP contribution < -0.4 is 0 Å². The minimum absolute atomic E-state index is 0.172. The molecule has 1 N–H and O–H groups in total. The molecule has 0 radical (unpaired) electrons. The molecule has 0 aliphatic heterocycles. The largest absolute Gasteiger partial charge is 0.481 e. The number of aromatic nitrogens is 1. The van der Waals surface area contributed by atoms with Crippen molar-refractivity contribution in [1.82, 2.24) is 4.57 Å². The molecular formula is C23H21NO4. The smallest absolute Gasteiger partial charge is 0.309 e. The molecule has 0 spiro atoms. The number of carbonyl (C=O) groups excluding carboxylic acids is 2. The quantitative estimate of drug-likeness (QED) is 0.666. The Morgan fingerprint density at radius 3 is 2.04 bits per heavy atom. The first kappa shape index (κ1) is 19.3. The number of carboxylic acid groups (broad SMARTS) is 1. The minimum Gasteiger partial charge on any atom is -0.481 e. The third kappa shape index (κ3) is 3.64. The number of carboxylic acids is 1. The predicted octanol–water partition coefficient (Wildman–Crippen LogP) is 3.73. The van der Waals surface area contributed by atoms with E-state index in [0.717, 1.165) is 5.56 Å². The van der Waals surface area contributed by atoms with Gasteiger partial charge in [0.15, 0.2) is 5.78 Å². The van der Waals surface area contributed by atoms with Gasteiger partial charge in [0.2, 0.25) is 5.78 Å². The number of hydrogen-bond acceptors (Lipinski definition) is 3. The number of hydrogen-bond donors (Lipinski definition) is 1. The third-order valence-electron chi connectivity index (χ3n) is 4.80. The zero-order chi connectivity index (χ0) is 20.4. The number of aryl methyl sites for hydroxylation is 2. The van der Waals surface area contributed by atoms with E-state index in [4.69, 9.17) is 5.11 Å². The van der Waals surface area contributed by atoms with Gasteiger partial charge >= 0.3 is 5.97 Å². The van der Waals surface area contributed by atoms with E-state index >= 15 is 0 Å². The van der Waals surface area contributed by atoms with Gasteiger partial charge in [-0.25, -0.2) is 0 Å². The van der Waals surface area contributed by atoms with E-state index in [1.165, 1.54) is 0 Å². The number of carbonyl (C=O) groups is 3. The zero-order valence-electron chi connectivity index (χ0n) is 16.0. The molecule has 142 valence electrons. The number of nitrogens with zero attached hydrogens (tertiary/aromatic N) is 1. The molecule has 3 aromatic rings. The Hall–Kier alpha value is -3.47. The summed E-state index contributed by atoms with van der Waals surface area (Å²) in [7, 11) is 1.67. The lowest BCUT2D eigenvalue weighted by Gasteiger charge is -2.11. The van der Waals surface area contributed by atoms with Crippen LogP contribution in [0.2, 0.25) is 0 Å². The molecule has 1 aromatic heterocycles. The van der Waals surface area contributed by atoms with Crippen molar-refractivity contribution in [3.8, 4) is 0 Å². The fourth-order valence-corrected chi connectivity index (χ4v) is 3.35. The summed E-state index contributed by atoms with van der Waals surface area (Å²) in [6, 6.07) is 15.6. The van der Waals surface area contributed by atoms with Gasteiger partial charge in [-0.1, -0.05) is 54.1 Å². The molecular weight excluding hydrogens is 354 g/mol. The van der Waals surface area contributed by atoms with Crippen molar-refractivity contribution >= 4 is 17.5 Å². The van der Waals surface area contributed by atoms with Crippen molar-refractivity contribution in [3.05, 3.63) is 93.8 Å². The summed E-state index contributed by atoms with van der Waals surface area (Å²) in [4.78, 5) is 37.3. The molecule has 3 rings (SSSR count). The van der Waals surface area contributed by atoms with Crippen molar-refractivity contribution in [2.45, 2.75) is 20.3 Å². The van der Waals surface area contributed by atoms with Crippen molar-refractivity contribution in [2.75, 3.05) is 0 Å². The highest BCUT2D eigenvalue weighted by Gasteiger charge is 2.24. The summed E-state index contributed by atoms with van der Waals surface area (Å²) in [5.41, 5.74) is 3.81. The van der Waals surface area contributed by atoms with Crippen LogP contribution in [0.1, 0.15) is 48.8 Å². The van der Waals surface area contributed by atoms with E-state index in [1.807, 2.05) is 19.1 Å². The average molecular weight is 375 g/mol. The standard InChI is InChI=1S/C23H21NO4/c1-14-8-10-16(11-9-14)22(27)18-6-4-5-7-19(18)23(28)21-15(2)12-17(24(21)3)13-20(25)26/h4-12H,13H2,1-3H3,(H,25,26). The molecule has 0 atom stereocenters. The molecule has 0 saturated heterocycles. The summed E-state index contributed by atoms with van der Waals surface area (Å²) in [5, 5.41) is 9.07. The molecule has 0 amide bonds. The van der Waals surface area contributed by atoms with Gasteiger partial charge in [-0.05, 0) is 25.5 Å². The predicted molar refractivity (Wildman–Crippen MR) is 106 cm³/mol. The maximum Gasteiger partial charge on any atom is 0.309 e. The molecule has 0 aliphatic carbocycles.